The van der Waals surface area contributed by atoms with Crippen molar-refractivity contribution in [3.8, 4) is 0 Å². The molecule has 1 amide bonds. The van der Waals surface area contributed by atoms with Gasteiger partial charge in [-0.2, -0.15) is 0 Å². The number of carbonyl (C=O) groups is 1. The second-order valence-corrected chi connectivity index (χ2v) is 6.53. The third kappa shape index (κ3) is 3.56. The number of benzene rings is 2. The lowest BCUT2D eigenvalue weighted by Crippen LogP contribution is -2.39. The Hall–Kier alpha value is -2.67. The molecule has 25 heavy (non-hydrogen) atoms. The third-order valence-corrected chi connectivity index (χ3v) is 4.52. The molecule has 0 spiro atoms. The van der Waals surface area contributed by atoms with Gasteiger partial charge in [-0.1, -0.05) is 47.1 Å². The van der Waals surface area contributed by atoms with E-state index in [-0.39, 0.29) is 11.6 Å². The van der Waals surface area contributed by atoms with Gasteiger partial charge in [0.25, 0.3) is 5.69 Å². The summed E-state index contributed by atoms with van der Waals surface area (Å²) in [4.78, 5) is 22.9. The SMILES string of the molecule is CCC(=O)N1NC(c2ccc(Br)cc2)=C[C@H]1c1cccc([N+](=O)[O-])c1. The minimum absolute atomic E-state index is 0.00638. The molecule has 6 nitrogen and oxygen atoms in total. The van der Waals surface area contributed by atoms with Gasteiger partial charge in [0.15, 0.2) is 0 Å². The van der Waals surface area contributed by atoms with Gasteiger partial charge in [-0.15, -0.1) is 0 Å². The first-order valence-electron chi connectivity index (χ1n) is 7.80. The molecular formula is C18H16BrN3O3. The van der Waals surface area contributed by atoms with E-state index in [1.807, 2.05) is 30.3 Å². The summed E-state index contributed by atoms with van der Waals surface area (Å²) in [6, 6.07) is 13.7. The number of nitro groups is 1. The van der Waals surface area contributed by atoms with Crippen LogP contribution >= 0.6 is 15.9 Å². The highest BCUT2D eigenvalue weighted by Gasteiger charge is 2.30. The highest BCUT2D eigenvalue weighted by molar-refractivity contribution is 9.10. The molecule has 0 bridgehead atoms. The second kappa shape index (κ2) is 7.06. The number of hydrogen-bond donors (Lipinski definition) is 1. The number of non-ortho nitro benzene ring substituents is 1. The molecule has 1 aliphatic heterocycles. The predicted molar refractivity (Wildman–Crippen MR) is 98.2 cm³/mol. The maximum Gasteiger partial charge on any atom is 0.269 e. The Bertz CT molecular complexity index is 849. The monoisotopic (exact) mass is 401 g/mol. The molecule has 0 saturated carbocycles. The van der Waals surface area contributed by atoms with Gasteiger partial charge in [0.2, 0.25) is 5.91 Å². The molecule has 2 aromatic rings. The van der Waals surface area contributed by atoms with Crippen LogP contribution in [0.4, 0.5) is 5.69 Å². The lowest BCUT2D eigenvalue weighted by Gasteiger charge is -2.25. The van der Waals surface area contributed by atoms with Gasteiger partial charge >= 0.3 is 0 Å². The van der Waals surface area contributed by atoms with Crippen LogP contribution in [0.25, 0.3) is 5.70 Å². The second-order valence-electron chi connectivity index (χ2n) is 5.61. The van der Waals surface area contributed by atoms with Crippen LogP contribution in [0.3, 0.4) is 0 Å². The van der Waals surface area contributed by atoms with Crippen LogP contribution in [0, 0.1) is 10.1 Å². The number of hydrazine groups is 1. The summed E-state index contributed by atoms with van der Waals surface area (Å²) in [6.45, 7) is 1.78. The molecule has 0 unspecified atom stereocenters. The van der Waals surface area contributed by atoms with E-state index in [1.54, 1.807) is 19.1 Å². The minimum Gasteiger partial charge on any atom is -0.295 e. The normalized spacial score (nSPS) is 16.3. The van der Waals surface area contributed by atoms with Gasteiger partial charge in [0.05, 0.1) is 16.7 Å². The van der Waals surface area contributed by atoms with E-state index in [1.165, 1.54) is 17.1 Å². The van der Waals surface area contributed by atoms with E-state index >= 15 is 0 Å². The molecule has 1 aliphatic rings. The molecule has 1 atom stereocenters. The number of hydrogen-bond acceptors (Lipinski definition) is 4. The van der Waals surface area contributed by atoms with Gasteiger partial charge in [0.1, 0.15) is 0 Å². The summed E-state index contributed by atoms with van der Waals surface area (Å²) in [6.07, 6.45) is 2.25. The Kier molecular flexibility index (Phi) is 4.85. The third-order valence-electron chi connectivity index (χ3n) is 3.99. The fraction of sp³-hybridized carbons (Fsp3) is 0.167. The van der Waals surface area contributed by atoms with E-state index in [2.05, 4.69) is 21.4 Å². The first-order chi connectivity index (χ1) is 12.0. The molecule has 0 radical (unpaired) electrons. The zero-order chi connectivity index (χ0) is 18.0. The standard InChI is InChI=1S/C18H16BrN3O3/c1-2-18(23)21-17(13-4-3-5-15(10-13)22(24)25)11-16(20-21)12-6-8-14(19)9-7-12/h3-11,17,20H,2H2,1H3/t17-/m0/s1. The Balaban J connectivity index is 2.00. The van der Waals surface area contributed by atoms with Gasteiger partial charge in [0, 0.05) is 23.0 Å². The van der Waals surface area contributed by atoms with Crippen LogP contribution in [0.5, 0.6) is 0 Å². The average molecular weight is 402 g/mol. The molecule has 0 saturated heterocycles. The Morgan fingerprint density at radius 3 is 2.64 bits per heavy atom. The fourth-order valence-electron chi connectivity index (χ4n) is 2.71. The molecule has 3 rings (SSSR count). The van der Waals surface area contributed by atoms with Crippen LogP contribution < -0.4 is 5.43 Å². The highest BCUT2D eigenvalue weighted by atomic mass is 79.9. The first-order valence-corrected chi connectivity index (χ1v) is 8.59. The van der Waals surface area contributed by atoms with Gasteiger partial charge in [-0.05, 0) is 29.3 Å². The highest BCUT2D eigenvalue weighted by Crippen LogP contribution is 2.33. The Morgan fingerprint density at radius 1 is 1.28 bits per heavy atom. The fourth-order valence-corrected chi connectivity index (χ4v) is 2.98. The van der Waals surface area contributed by atoms with Crippen LogP contribution in [0.2, 0.25) is 0 Å². The minimum atomic E-state index is -0.433. The molecule has 1 N–H and O–H groups in total. The number of nitrogens with one attached hydrogen (secondary N) is 1. The number of carbonyl (C=O) groups excluding carboxylic acids is 1. The molecule has 2 aromatic carbocycles. The van der Waals surface area contributed by atoms with Crippen LogP contribution in [-0.4, -0.2) is 15.8 Å². The topological polar surface area (TPSA) is 75.5 Å². The number of nitro benzene ring substituents is 1. The molecule has 0 fully saturated rings. The maximum absolute atomic E-state index is 12.3. The van der Waals surface area contributed by atoms with Crippen molar-refractivity contribution < 1.29 is 9.72 Å². The number of amides is 1. The van der Waals surface area contributed by atoms with Crippen molar-refractivity contribution in [1.29, 1.82) is 0 Å². The number of halogens is 1. The van der Waals surface area contributed by atoms with Gasteiger partial charge < -0.3 is 0 Å². The maximum atomic E-state index is 12.3. The molecule has 128 valence electrons. The largest absolute Gasteiger partial charge is 0.295 e. The molecule has 0 aliphatic carbocycles. The summed E-state index contributed by atoms with van der Waals surface area (Å²) in [5.74, 6) is -0.0835. The van der Waals surface area contributed by atoms with Crippen molar-refractivity contribution in [2.45, 2.75) is 19.4 Å². The quantitative estimate of drug-likeness (QED) is 0.615. The average Bonchev–Trinajstić information content (AvgIpc) is 3.07. The summed E-state index contributed by atoms with van der Waals surface area (Å²) in [7, 11) is 0. The van der Waals surface area contributed by atoms with Gasteiger partial charge in [-0.25, -0.2) is 5.01 Å². The molecule has 7 heteroatoms. The van der Waals surface area contributed by atoms with E-state index in [9.17, 15) is 14.9 Å². The predicted octanol–water partition coefficient (Wildman–Crippen LogP) is 4.20. The van der Waals surface area contributed by atoms with Crippen LogP contribution in [0.1, 0.15) is 30.5 Å². The zero-order valence-electron chi connectivity index (χ0n) is 13.5. The van der Waals surface area contributed by atoms with Crippen molar-refractivity contribution in [1.82, 2.24) is 10.4 Å². The van der Waals surface area contributed by atoms with Crippen molar-refractivity contribution in [2.24, 2.45) is 0 Å². The Morgan fingerprint density at radius 2 is 2.00 bits per heavy atom. The molecular weight excluding hydrogens is 386 g/mol. The van der Waals surface area contributed by atoms with E-state index in [0.717, 1.165) is 15.7 Å². The van der Waals surface area contributed by atoms with Crippen LogP contribution in [0.15, 0.2) is 59.1 Å². The molecule has 0 aromatic heterocycles. The summed E-state index contributed by atoms with van der Waals surface area (Å²) in [5.41, 5.74) is 5.56. The number of rotatable bonds is 4. The Labute approximate surface area is 153 Å². The lowest BCUT2D eigenvalue weighted by atomic mass is 10.0. The van der Waals surface area contributed by atoms with E-state index in [0.29, 0.717) is 12.0 Å². The van der Waals surface area contributed by atoms with E-state index in [4.69, 9.17) is 0 Å². The summed E-state index contributed by atoms with van der Waals surface area (Å²) >= 11 is 3.40. The van der Waals surface area contributed by atoms with Crippen molar-refractivity contribution in [3.05, 3.63) is 80.3 Å². The summed E-state index contributed by atoms with van der Waals surface area (Å²) < 4.78 is 0.964. The lowest BCUT2D eigenvalue weighted by molar-refractivity contribution is -0.384. The van der Waals surface area contributed by atoms with Gasteiger partial charge in [-0.3, -0.25) is 20.3 Å². The summed E-state index contributed by atoms with van der Waals surface area (Å²) in [5, 5.41) is 12.6. The van der Waals surface area contributed by atoms with Crippen molar-refractivity contribution in [3.63, 3.8) is 0 Å². The zero-order valence-corrected chi connectivity index (χ0v) is 15.1. The van der Waals surface area contributed by atoms with Crippen LogP contribution in [-0.2, 0) is 4.79 Å². The smallest absolute Gasteiger partial charge is 0.269 e. The number of nitrogens with zero attached hydrogens (tertiary/aromatic N) is 2. The first kappa shape index (κ1) is 17.2. The van der Waals surface area contributed by atoms with E-state index < -0.39 is 11.0 Å². The molecule has 1 heterocycles. The van der Waals surface area contributed by atoms with Crippen molar-refractivity contribution >= 4 is 33.2 Å². The van der Waals surface area contributed by atoms with Crippen molar-refractivity contribution in [2.75, 3.05) is 0 Å².